The zero-order chi connectivity index (χ0) is 14.5. The molecule has 1 aromatic rings. The Morgan fingerprint density at radius 3 is 2.75 bits per heavy atom. The minimum absolute atomic E-state index is 0.0480. The van der Waals surface area contributed by atoms with Gasteiger partial charge in [0.15, 0.2) is 11.5 Å². The first-order valence-electron chi connectivity index (χ1n) is 6.17. The lowest BCUT2D eigenvalue weighted by Crippen LogP contribution is -2.06. The van der Waals surface area contributed by atoms with Gasteiger partial charge in [0.05, 0.1) is 6.61 Å². The van der Waals surface area contributed by atoms with Crippen LogP contribution in [0.25, 0.3) is 6.08 Å². The van der Waals surface area contributed by atoms with Crippen LogP contribution in [0.2, 0.25) is 0 Å². The maximum atomic E-state index is 12.3. The molecule has 0 radical (unpaired) electrons. The first-order chi connectivity index (χ1) is 9.54. The van der Waals surface area contributed by atoms with E-state index in [1.54, 1.807) is 0 Å². The summed E-state index contributed by atoms with van der Waals surface area (Å²) in [5, 5.41) is 8.56. The number of aliphatic carboxylic acids is 1. The predicted octanol–water partition coefficient (Wildman–Crippen LogP) is 3.17. The van der Waals surface area contributed by atoms with Crippen LogP contribution in [0.3, 0.4) is 0 Å². The molecule has 20 heavy (non-hydrogen) atoms. The second-order valence-electron chi connectivity index (χ2n) is 4.51. The molecule has 1 aliphatic carbocycles. The van der Waals surface area contributed by atoms with Crippen LogP contribution >= 0.6 is 0 Å². The molecule has 0 aromatic heterocycles. The fraction of sp³-hybridized carbons (Fsp3) is 0.357. The van der Waals surface area contributed by atoms with Crippen molar-refractivity contribution in [1.82, 2.24) is 0 Å². The van der Waals surface area contributed by atoms with Gasteiger partial charge in [-0.25, -0.2) is 4.79 Å². The SMILES string of the molecule is O=C(O)C=Cc1ccc(OC(F)F)c(OCC2CC2)c1. The summed E-state index contributed by atoms with van der Waals surface area (Å²) in [7, 11) is 0. The standard InChI is InChI=1S/C14H14F2O4/c15-14(16)20-11-5-3-9(4-6-13(17)18)7-12(11)19-8-10-1-2-10/h3-7,10,14H,1-2,8H2,(H,17,18). The lowest BCUT2D eigenvalue weighted by atomic mass is 10.2. The molecule has 2 rings (SSSR count). The Morgan fingerprint density at radius 2 is 2.15 bits per heavy atom. The van der Waals surface area contributed by atoms with Crippen LogP contribution in [-0.2, 0) is 4.79 Å². The highest BCUT2D eigenvalue weighted by atomic mass is 19.3. The Morgan fingerprint density at radius 1 is 1.40 bits per heavy atom. The molecule has 1 fully saturated rings. The number of carboxylic acids is 1. The normalized spacial score (nSPS) is 14.8. The predicted molar refractivity (Wildman–Crippen MR) is 68.0 cm³/mol. The fourth-order valence-corrected chi connectivity index (χ4v) is 1.59. The monoisotopic (exact) mass is 284 g/mol. The third-order valence-corrected chi connectivity index (χ3v) is 2.77. The van der Waals surface area contributed by atoms with E-state index in [1.807, 2.05) is 0 Å². The average Bonchev–Trinajstić information content (AvgIpc) is 3.19. The molecular weight excluding hydrogens is 270 g/mol. The summed E-state index contributed by atoms with van der Waals surface area (Å²) >= 11 is 0. The van der Waals surface area contributed by atoms with E-state index in [-0.39, 0.29) is 11.5 Å². The molecule has 1 N–H and O–H groups in total. The molecule has 4 nitrogen and oxygen atoms in total. The Labute approximate surface area is 114 Å². The fourth-order valence-electron chi connectivity index (χ4n) is 1.59. The Bertz CT molecular complexity index is 510. The second kappa shape index (κ2) is 6.36. The van der Waals surface area contributed by atoms with Crippen LogP contribution in [0.1, 0.15) is 18.4 Å². The molecule has 0 atom stereocenters. The van der Waals surface area contributed by atoms with Crippen LogP contribution in [0.4, 0.5) is 8.78 Å². The molecule has 0 saturated heterocycles. The van der Waals surface area contributed by atoms with Gasteiger partial charge in [-0.05, 0) is 42.5 Å². The number of hydrogen-bond acceptors (Lipinski definition) is 3. The van der Waals surface area contributed by atoms with E-state index >= 15 is 0 Å². The van der Waals surface area contributed by atoms with E-state index in [1.165, 1.54) is 24.3 Å². The van der Waals surface area contributed by atoms with E-state index < -0.39 is 12.6 Å². The number of rotatable bonds is 7. The van der Waals surface area contributed by atoms with Crippen molar-refractivity contribution in [3.8, 4) is 11.5 Å². The summed E-state index contributed by atoms with van der Waals surface area (Å²) in [6, 6.07) is 4.32. The summed E-state index contributed by atoms with van der Waals surface area (Å²) < 4.78 is 34.4. The molecule has 6 heteroatoms. The summed E-state index contributed by atoms with van der Waals surface area (Å²) in [5.74, 6) is -0.469. The van der Waals surface area contributed by atoms with Crippen molar-refractivity contribution in [2.45, 2.75) is 19.5 Å². The zero-order valence-corrected chi connectivity index (χ0v) is 10.6. The zero-order valence-electron chi connectivity index (χ0n) is 10.6. The second-order valence-corrected chi connectivity index (χ2v) is 4.51. The van der Waals surface area contributed by atoms with Crippen LogP contribution in [0.15, 0.2) is 24.3 Å². The lowest BCUT2D eigenvalue weighted by molar-refractivity contribution is -0.131. The van der Waals surface area contributed by atoms with Gasteiger partial charge in [0, 0.05) is 6.08 Å². The molecule has 1 saturated carbocycles. The maximum absolute atomic E-state index is 12.3. The number of carboxylic acid groups (broad SMARTS) is 1. The van der Waals surface area contributed by atoms with Crippen molar-refractivity contribution in [1.29, 1.82) is 0 Å². The summed E-state index contributed by atoms with van der Waals surface area (Å²) in [5.41, 5.74) is 0.541. The average molecular weight is 284 g/mol. The van der Waals surface area contributed by atoms with Crippen LogP contribution < -0.4 is 9.47 Å². The minimum Gasteiger partial charge on any atom is -0.489 e. The molecule has 0 bridgehead atoms. The van der Waals surface area contributed by atoms with E-state index in [4.69, 9.17) is 9.84 Å². The molecule has 0 spiro atoms. The van der Waals surface area contributed by atoms with Gasteiger partial charge in [-0.2, -0.15) is 8.78 Å². The minimum atomic E-state index is -2.93. The van der Waals surface area contributed by atoms with E-state index in [2.05, 4.69) is 4.74 Å². The maximum Gasteiger partial charge on any atom is 0.387 e. The molecular formula is C14H14F2O4. The lowest BCUT2D eigenvalue weighted by Gasteiger charge is -2.12. The largest absolute Gasteiger partial charge is 0.489 e. The van der Waals surface area contributed by atoms with Crippen molar-refractivity contribution in [2.75, 3.05) is 6.61 Å². The van der Waals surface area contributed by atoms with Gasteiger partial charge in [0.2, 0.25) is 0 Å². The Kier molecular flexibility index (Phi) is 4.55. The van der Waals surface area contributed by atoms with Crippen LogP contribution in [0.5, 0.6) is 11.5 Å². The number of halogens is 2. The summed E-state index contributed by atoms with van der Waals surface area (Å²) in [6.45, 7) is -2.48. The molecule has 108 valence electrons. The first kappa shape index (κ1) is 14.3. The van der Waals surface area contributed by atoms with Crippen molar-refractivity contribution in [2.24, 2.45) is 5.92 Å². The highest BCUT2D eigenvalue weighted by Gasteiger charge is 2.23. The van der Waals surface area contributed by atoms with Gasteiger partial charge >= 0.3 is 12.6 Å². The molecule has 0 amide bonds. The van der Waals surface area contributed by atoms with E-state index in [9.17, 15) is 13.6 Å². The molecule has 1 aromatic carbocycles. The third kappa shape index (κ3) is 4.53. The first-order valence-corrected chi connectivity index (χ1v) is 6.17. The van der Waals surface area contributed by atoms with Gasteiger partial charge in [-0.15, -0.1) is 0 Å². The van der Waals surface area contributed by atoms with Crippen LogP contribution in [0, 0.1) is 5.92 Å². The smallest absolute Gasteiger partial charge is 0.387 e. The quantitative estimate of drug-likeness (QED) is 0.781. The summed E-state index contributed by atoms with van der Waals surface area (Å²) in [4.78, 5) is 10.5. The number of carbonyl (C=O) groups is 1. The Balaban J connectivity index is 2.15. The topological polar surface area (TPSA) is 55.8 Å². The molecule has 1 aliphatic rings. The van der Waals surface area contributed by atoms with E-state index in [0.29, 0.717) is 18.1 Å². The van der Waals surface area contributed by atoms with E-state index in [0.717, 1.165) is 18.9 Å². The molecule has 0 heterocycles. The number of alkyl halides is 2. The molecule has 0 unspecified atom stereocenters. The van der Waals surface area contributed by atoms with Gasteiger partial charge in [-0.1, -0.05) is 6.07 Å². The third-order valence-electron chi connectivity index (χ3n) is 2.77. The van der Waals surface area contributed by atoms with Gasteiger partial charge in [0.25, 0.3) is 0 Å². The van der Waals surface area contributed by atoms with Crippen molar-refractivity contribution in [3.63, 3.8) is 0 Å². The van der Waals surface area contributed by atoms with Crippen LogP contribution in [-0.4, -0.2) is 24.3 Å². The van der Waals surface area contributed by atoms with Gasteiger partial charge in [0.1, 0.15) is 0 Å². The molecule has 0 aliphatic heterocycles. The van der Waals surface area contributed by atoms with Crippen molar-refractivity contribution >= 4 is 12.0 Å². The van der Waals surface area contributed by atoms with Crippen molar-refractivity contribution < 1.29 is 28.2 Å². The van der Waals surface area contributed by atoms with Gasteiger partial charge < -0.3 is 14.6 Å². The highest BCUT2D eigenvalue weighted by Crippen LogP contribution is 2.34. The highest BCUT2D eigenvalue weighted by molar-refractivity contribution is 5.85. The Hall–Kier alpha value is -2.11. The number of hydrogen-bond donors (Lipinski definition) is 1. The van der Waals surface area contributed by atoms with Gasteiger partial charge in [-0.3, -0.25) is 0 Å². The van der Waals surface area contributed by atoms with Crippen molar-refractivity contribution in [3.05, 3.63) is 29.8 Å². The summed E-state index contributed by atoms with van der Waals surface area (Å²) in [6.07, 6.45) is 4.47. The number of ether oxygens (including phenoxy) is 2. The number of benzene rings is 1.